The normalized spacial score (nSPS) is 34.6. The third-order valence-corrected chi connectivity index (χ3v) is 7.61. The number of fused-ring (bicyclic) bond motifs is 1. The van der Waals surface area contributed by atoms with Crippen LogP contribution in [0.15, 0.2) is 36.4 Å². The van der Waals surface area contributed by atoms with Gasteiger partial charge in [0.2, 0.25) is 6.29 Å². The fourth-order valence-corrected chi connectivity index (χ4v) is 5.51. The topological polar surface area (TPSA) is 146 Å². The van der Waals surface area contributed by atoms with Crippen molar-refractivity contribution in [3.05, 3.63) is 47.5 Å². The van der Waals surface area contributed by atoms with Gasteiger partial charge in [0.1, 0.15) is 24.4 Å². The molecule has 0 amide bonds. The summed E-state index contributed by atoms with van der Waals surface area (Å²) in [6.07, 6.45) is -7.29. The van der Waals surface area contributed by atoms with Gasteiger partial charge in [-0.2, -0.15) is 0 Å². The van der Waals surface area contributed by atoms with Crippen LogP contribution in [0.3, 0.4) is 0 Å². The van der Waals surface area contributed by atoms with Gasteiger partial charge >= 0.3 is 0 Å². The number of aliphatic hydroxyl groups is 4. The molecule has 0 saturated carbocycles. The molecule has 3 fully saturated rings. The average Bonchev–Trinajstić information content (AvgIpc) is 3.55. The van der Waals surface area contributed by atoms with E-state index in [2.05, 4.69) is 0 Å². The van der Waals surface area contributed by atoms with Crippen LogP contribution in [-0.2, 0) is 14.2 Å². The Kier molecular flexibility index (Phi) is 7.96. The highest BCUT2D eigenvalue weighted by molar-refractivity contribution is 5.45. The molecule has 0 bridgehead atoms. The Labute approximate surface area is 220 Å². The Hall–Kier alpha value is -2.64. The van der Waals surface area contributed by atoms with Crippen LogP contribution in [0.4, 0.5) is 0 Å². The monoisotopic (exact) mass is 534 g/mol. The van der Waals surface area contributed by atoms with Crippen molar-refractivity contribution >= 4 is 0 Å². The van der Waals surface area contributed by atoms with Crippen molar-refractivity contribution in [2.45, 2.75) is 42.9 Å². The van der Waals surface area contributed by atoms with E-state index in [1.165, 1.54) is 7.11 Å². The van der Waals surface area contributed by atoms with Crippen LogP contribution in [0.2, 0.25) is 0 Å². The fraction of sp³-hybridized carbons (Fsp3) is 0.556. The molecule has 2 aromatic rings. The predicted octanol–water partition coefficient (Wildman–Crippen LogP) is 0.966. The molecule has 0 spiro atoms. The lowest BCUT2D eigenvalue weighted by Gasteiger charge is -2.39. The van der Waals surface area contributed by atoms with Gasteiger partial charge in [-0.05, 0) is 35.4 Å². The summed E-state index contributed by atoms with van der Waals surface area (Å²) >= 11 is 0. The lowest BCUT2D eigenvalue weighted by atomic mass is 9.85. The number of ether oxygens (including phenoxy) is 7. The van der Waals surface area contributed by atoms with Crippen molar-refractivity contribution in [3.8, 4) is 23.0 Å². The highest BCUT2D eigenvalue weighted by atomic mass is 16.7. The molecule has 3 aliphatic heterocycles. The van der Waals surface area contributed by atoms with E-state index in [1.54, 1.807) is 26.4 Å². The van der Waals surface area contributed by atoms with Gasteiger partial charge in [0, 0.05) is 11.8 Å². The van der Waals surface area contributed by atoms with E-state index in [0.717, 1.165) is 11.1 Å². The molecule has 0 unspecified atom stereocenters. The minimum atomic E-state index is -1.54. The predicted molar refractivity (Wildman–Crippen MR) is 131 cm³/mol. The maximum Gasteiger partial charge on any atom is 0.229 e. The number of aliphatic hydroxyl groups excluding tert-OH is 4. The summed E-state index contributed by atoms with van der Waals surface area (Å²) in [4.78, 5) is 0. The van der Waals surface area contributed by atoms with Gasteiger partial charge in [-0.3, -0.25) is 0 Å². The summed E-state index contributed by atoms with van der Waals surface area (Å²) in [6.45, 7) is 0.508. The highest BCUT2D eigenvalue weighted by Gasteiger charge is 2.49. The Morgan fingerprint density at radius 1 is 0.711 bits per heavy atom. The minimum absolute atomic E-state index is 0.120. The minimum Gasteiger partial charge on any atom is -0.493 e. The largest absolute Gasteiger partial charge is 0.493 e. The Balaban J connectivity index is 1.31. The zero-order valence-corrected chi connectivity index (χ0v) is 21.4. The molecule has 3 saturated heterocycles. The maximum atomic E-state index is 10.3. The van der Waals surface area contributed by atoms with Gasteiger partial charge in [-0.15, -0.1) is 0 Å². The molecule has 208 valence electrons. The number of hydrogen-bond acceptors (Lipinski definition) is 11. The first kappa shape index (κ1) is 26.9. The van der Waals surface area contributed by atoms with E-state index in [1.807, 2.05) is 24.3 Å². The highest BCUT2D eigenvalue weighted by Crippen LogP contribution is 2.51. The zero-order chi connectivity index (χ0) is 27.0. The molecule has 38 heavy (non-hydrogen) atoms. The van der Waals surface area contributed by atoms with E-state index >= 15 is 0 Å². The molecular formula is C27H34O11. The molecule has 3 aliphatic rings. The number of rotatable bonds is 8. The van der Waals surface area contributed by atoms with Crippen molar-refractivity contribution in [3.63, 3.8) is 0 Å². The van der Waals surface area contributed by atoms with Crippen LogP contribution in [0.25, 0.3) is 0 Å². The third-order valence-electron chi connectivity index (χ3n) is 7.61. The van der Waals surface area contributed by atoms with Crippen LogP contribution >= 0.6 is 0 Å². The van der Waals surface area contributed by atoms with Gasteiger partial charge in [-0.1, -0.05) is 12.1 Å². The quantitative estimate of drug-likeness (QED) is 0.384. The Morgan fingerprint density at radius 3 is 1.76 bits per heavy atom. The van der Waals surface area contributed by atoms with E-state index in [-0.39, 0.29) is 29.8 Å². The first-order valence-corrected chi connectivity index (χ1v) is 12.5. The third kappa shape index (κ3) is 4.79. The molecule has 0 aliphatic carbocycles. The first-order valence-electron chi connectivity index (χ1n) is 12.5. The molecule has 5 rings (SSSR count). The van der Waals surface area contributed by atoms with Gasteiger partial charge in [0.25, 0.3) is 0 Å². The number of benzene rings is 2. The van der Waals surface area contributed by atoms with Crippen molar-refractivity contribution < 1.29 is 53.6 Å². The summed E-state index contributed by atoms with van der Waals surface area (Å²) in [7, 11) is 4.69. The summed E-state index contributed by atoms with van der Waals surface area (Å²) in [5.41, 5.74) is 1.88. The van der Waals surface area contributed by atoms with Gasteiger partial charge in [0.15, 0.2) is 23.0 Å². The molecule has 3 heterocycles. The fourth-order valence-electron chi connectivity index (χ4n) is 5.51. The molecule has 0 aromatic heterocycles. The van der Waals surface area contributed by atoms with Crippen molar-refractivity contribution in [2.75, 3.05) is 41.2 Å². The van der Waals surface area contributed by atoms with Crippen molar-refractivity contribution in [1.82, 2.24) is 0 Å². The van der Waals surface area contributed by atoms with Gasteiger partial charge in [-0.25, -0.2) is 0 Å². The smallest absolute Gasteiger partial charge is 0.229 e. The van der Waals surface area contributed by atoms with Crippen molar-refractivity contribution in [1.29, 1.82) is 0 Å². The van der Waals surface area contributed by atoms with Crippen molar-refractivity contribution in [2.24, 2.45) is 11.8 Å². The number of methoxy groups -OCH3 is 3. The number of hydrogen-bond donors (Lipinski definition) is 4. The second-order valence-corrected chi connectivity index (χ2v) is 9.68. The van der Waals surface area contributed by atoms with Crippen LogP contribution in [0, 0.1) is 11.8 Å². The molecule has 2 aromatic carbocycles. The van der Waals surface area contributed by atoms with Crippen LogP contribution < -0.4 is 18.9 Å². The van der Waals surface area contributed by atoms with E-state index < -0.39 is 37.3 Å². The molecule has 9 atom stereocenters. The lowest BCUT2D eigenvalue weighted by Crippen LogP contribution is -2.60. The van der Waals surface area contributed by atoms with Crippen LogP contribution in [-0.4, -0.2) is 92.3 Å². The Bertz CT molecular complexity index is 1110. The second-order valence-electron chi connectivity index (χ2n) is 9.68. The molecule has 11 heteroatoms. The molecule has 4 N–H and O–H groups in total. The van der Waals surface area contributed by atoms with E-state index in [0.29, 0.717) is 30.5 Å². The summed E-state index contributed by atoms with van der Waals surface area (Å²) < 4.78 is 40.1. The van der Waals surface area contributed by atoms with Gasteiger partial charge < -0.3 is 53.6 Å². The zero-order valence-electron chi connectivity index (χ0n) is 21.4. The SMILES string of the molecule is COc1ccc([C@H]2OC[C@H]3[C@@H]2CO[C@@H]3c2ccc(O[C@@H]3O[C@H](CO)[C@@H](O)[C@H](O)[C@H]3O)c(OC)c2)cc1OC. The summed E-state index contributed by atoms with van der Waals surface area (Å²) in [5, 5.41) is 39.8. The van der Waals surface area contributed by atoms with Crippen LogP contribution in [0.1, 0.15) is 23.3 Å². The molecule has 0 radical (unpaired) electrons. The van der Waals surface area contributed by atoms with E-state index in [9.17, 15) is 20.4 Å². The molecule has 11 nitrogen and oxygen atoms in total. The average molecular weight is 535 g/mol. The standard InChI is InChI=1S/C27H34O11/c1-32-17-6-4-13(8-19(17)33-2)25-15-11-36-26(16(15)12-35-25)14-5-7-18(20(9-14)34-3)37-27-24(31)23(30)22(29)21(10-28)38-27/h4-9,15-16,21-31H,10-12H2,1-3H3/t15-,16-,21+,22+,23-,24+,25+,26+,27+/m0/s1. The lowest BCUT2D eigenvalue weighted by molar-refractivity contribution is -0.277. The van der Waals surface area contributed by atoms with E-state index in [4.69, 9.17) is 33.2 Å². The summed E-state index contributed by atoms with van der Waals surface area (Å²) in [6, 6.07) is 11.1. The summed E-state index contributed by atoms with van der Waals surface area (Å²) in [5.74, 6) is 2.21. The Morgan fingerprint density at radius 2 is 1.24 bits per heavy atom. The van der Waals surface area contributed by atoms with Gasteiger partial charge in [0.05, 0.1) is 53.4 Å². The first-order chi connectivity index (χ1) is 18.4. The van der Waals surface area contributed by atoms with Crippen LogP contribution in [0.5, 0.6) is 23.0 Å². The maximum absolute atomic E-state index is 10.3. The second kappa shape index (κ2) is 11.2. The molecular weight excluding hydrogens is 500 g/mol.